The highest BCUT2D eigenvalue weighted by molar-refractivity contribution is 5.89. The molecule has 1 aliphatic carbocycles. The Balaban J connectivity index is 2.63. The Morgan fingerprint density at radius 1 is 1.09 bits per heavy atom. The molecule has 0 amide bonds. The van der Waals surface area contributed by atoms with E-state index in [1.54, 1.807) is 0 Å². The normalized spacial score (nSPS) is 17.3. The van der Waals surface area contributed by atoms with E-state index in [2.05, 4.69) is 0 Å². The number of benzene rings is 1. The highest BCUT2D eigenvalue weighted by Crippen LogP contribution is 2.27. The molecule has 1 aromatic carbocycles. The highest BCUT2D eigenvalue weighted by Gasteiger charge is 2.07. The standard InChI is InChI=1S/C10H8O/c11-7-9-6-5-8-3-1-2-4-10(8)9/h1-7,11H. The van der Waals surface area contributed by atoms with Gasteiger partial charge in [-0.25, -0.2) is 0 Å². The molecule has 0 atom stereocenters. The minimum Gasteiger partial charge on any atom is -0.515 e. The Morgan fingerprint density at radius 2 is 1.91 bits per heavy atom. The van der Waals surface area contributed by atoms with E-state index >= 15 is 0 Å². The molecule has 11 heavy (non-hydrogen) atoms. The second kappa shape index (κ2) is 2.27. The first-order chi connectivity index (χ1) is 5.42. The van der Waals surface area contributed by atoms with Crippen LogP contribution in [-0.2, 0) is 0 Å². The topological polar surface area (TPSA) is 20.2 Å². The van der Waals surface area contributed by atoms with Gasteiger partial charge in [0.2, 0.25) is 0 Å². The van der Waals surface area contributed by atoms with E-state index in [0.717, 1.165) is 17.4 Å². The molecule has 0 unspecified atom stereocenters. The highest BCUT2D eigenvalue weighted by atomic mass is 16.2. The third-order valence-electron chi connectivity index (χ3n) is 1.85. The number of rotatable bonds is 0. The summed E-state index contributed by atoms with van der Waals surface area (Å²) in [5.74, 6) is 0. The van der Waals surface area contributed by atoms with E-state index in [1.165, 1.54) is 5.56 Å². The van der Waals surface area contributed by atoms with Crippen molar-refractivity contribution in [1.29, 1.82) is 0 Å². The summed E-state index contributed by atoms with van der Waals surface area (Å²) in [7, 11) is 0. The summed E-state index contributed by atoms with van der Waals surface area (Å²) in [6.07, 6.45) is 5.05. The number of hydrogen-bond donors (Lipinski definition) is 1. The van der Waals surface area contributed by atoms with Gasteiger partial charge in [0.05, 0.1) is 6.26 Å². The van der Waals surface area contributed by atoms with Gasteiger partial charge in [0.15, 0.2) is 0 Å². The first-order valence-electron chi connectivity index (χ1n) is 3.53. The molecule has 0 aromatic heterocycles. The first-order valence-corrected chi connectivity index (χ1v) is 3.53. The van der Waals surface area contributed by atoms with E-state index < -0.39 is 0 Å². The summed E-state index contributed by atoms with van der Waals surface area (Å²) >= 11 is 0. The van der Waals surface area contributed by atoms with Crippen LogP contribution in [0, 0.1) is 0 Å². The zero-order valence-electron chi connectivity index (χ0n) is 5.99. The van der Waals surface area contributed by atoms with Crippen LogP contribution < -0.4 is 0 Å². The molecular formula is C10H8O. The van der Waals surface area contributed by atoms with Crippen LogP contribution in [0.1, 0.15) is 11.1 Å². The molecule has 1 nitrogen and oxygen atoms in total. The molecule has 1 aliphatic rings. The Morgan fingerprint density at radius 3 is 2.73 bits per heavy atom. The fraction of sp³-hybridized carbons (Fsp3) is 0. The van der Waals surface area contributed by atoms with E-state index in [0.29, 0.717) is 0 Å². The van der Waals surface area contributed by atoms with Crippen molar-refractivity contribution in [3.63, 3.8) is 0 Å². The molecule has 0 heterocycles. The Labute approximate surface area is 65.3 Å². The van der Waals surface area contributed by atoms with E-state index in [-0.39, 0.29) is 0 Å². The van der Waals surface area contributed by atoms with Gasteiger partial charge < -0.3 is 5.11 Å². The van der Waals surface area contributed by atoms with Crippen molar-refractivity contribution >= 4 is 11.6 Å². The zero-order chi connectivity index (χ0) is 7.68. The zero-order valence-corrected chi connectivity index (χ0v) is 5.99. The molecule has 0 spiro atoms. The molecule has 54 valence electrons. The second-order valence-corrected chi connectivity index (χ2v) is 2.51. The molecule has 0 aliphatic heterocycles. The minimum absolute atomic E-state index is 0.889. The predicted octanol–water partition coefficient (Wildman–Crippen LogP) is 2.61. The van der Waals surface area contributed by atoms with Gasteiger partial charge in [0.25, 0.3) is 0 Å². The van der Waals surface area contributed by atoms with Crippen molar-refractivity contribution in [2.45, 2.75) is 0 Å². The van der Waals surface area contributed by atoms with Gasteiger partial charge >= 0.3 is 0 Å². The summed E-state index contributed by atoms with van der Waals surface area (Å²) < 4.78 is 0. The number of fused-ring (bicyclic) bond motifs is 1. The van der Waals surface area contributed by atoms with Crippen LogP contribution in [-0.4, -0.2) is 5.11 Å². The third kappa shape index (κ3) is 0.855. The van der Waals surface area contributed by atoms with Crippen molar-refractivity contribution in [3.05, 3.63) is 47.7 Å². The maximum atomic E-state index is 8.80. The Hall–Kier alpha value is -1.50. The van der Waals surface area contributed by atoms with Gasteiger partial charge in [-0.05, 0) is 11.1 Å². The van der Waals surface area contributed by atoms with Gasteiger partial charge in [-0.2, -0.15) is 0 Å². The maximum Gasteiger partial charge on any atom is 0.0870 e. The van der Waals surface area contributed by atoms with Gasteiger partial charge in [0.1, 0.15) is 0 Å². The SMILES string of the molecule is OC=C1C=Cc2ccccc21. The van der Waals surface area contributed by atoms with Crippen LogP contribution in [0.15, 0.2) is 36.6 Å². The molecule has 0 saturated carbocycles. The van der Waals surface area contributed by atoms with Gasteiger partial charge in [0, 0.05) is 5.57 Å². The van der Waals surface area contributed by atoms with E-state index in [9.17, 15) is 0 Å². The van der Waals surface area contributed by atoms with Crippen LogP contribution in [0.4, 0.5) is 0 Å². The van der Waals surface area contributed by atoms with Gasteiger partial charge in [-0.1, -0.05) is 36.4 Å². The average Bonchev–Trinajstić information content (AvgIpc) is 2.47. The summed E-state index contributed by atoms with van der Waals surface area (Å²) in [4.78, 5) is 0. The maximum absolute atomic E-state index is 8.80. The van der Waals surface area contributed by atoms with Crippen molar-refractivity contribution < 1.29 is 5.11 Å². The van der Waals surface area contributed by atoms with E-state index in [4.69, 9.17) is 5.11 Å². The van der Waals surface area contributed by atoms with E-state index in [1.807, 2.05) is 36.4 Å². The van der Waals surface area contributed by atoms with Crippen LogP contribution in [0.2, 0.25) is 0 Å². The first kappa shape index (κ1) is 6.23. The third-order valence-corrected chi connectivity index (χ3v) is 1.85. The molecular weight excluding hydrogens is 136 g/mol. The largest absolute Gasteiger partial charge is 0.515 e. The smallest absolute Gasteiger partial charge is 0.0870 e. The Bertz CT molecular complexity index is 334. The minimum atomic E-state index is 0.889. The number of allylic oxidation sites excluding steroid dienone is 2. The summed E-state index contributed by atoms with van der Waals surface area (Å²) in [6, 6.07) is 7.98. The number of aliphatic hydroxyl groups is 1. The summed E-state index contributed by atoms with van der Waals surface area (Å²) in [5.41, 5.74) is 3.17. The molecule has 2 rings (SSSR count). The monoisotopic (exact) mass is 144 g/mol. The van der Waals surface area contributed by atoms with Crippen molar-refractivity contribution in [2.24, 2.45) is 0 Å². The molecule has 0 radical (unpaired) electrons. The summed E-state index contributed by atoms with van der Waals surface area (Å²) in [5, 5.41) is 8.80. The lowest BCUT2D eigenvalue weighted by molar-refractivity contribution is 0.476. The fourth-order valence-corrected chi connectivity index (χ4v) is 1.29. The molecule has 1 N–H and O–H groups in total. The van der Waals surface area contributed by atoms with Gasteiger partial charge in [-0.15, -0.1) is 0 Å². The van der Waals surface area contributed by atoms with Crippen LogP contribution in [0.3, 0.4) is 0 Å². The van der Waals surface area contributed by atoms with Crippen molar-refractivity contribution in [3.8, 4) is 0 Å². The lowest BCUT2D eigenvalue weighted by Gasteiger charge is -1.96. The lowest BCUT2D eigenvalue weighted by Crippen LogP contribution is -1.78. The quantitative estimate of drug-likeness (QED) is 0.555. The lowest BCUT2D eigenvalue weighted by atomic mass is 10.1. The molecule has 1 aromatic rings. The second-order valence-electron chi connectivity index (χ2n) is 2.51. The number of aliphatic hydroxyl groups excluding tert-OH is 1. The average molecular weight is 144 g/mol. The van der Waals surface area contributed by atoms with Crippen LogP contribution in [0.5, 0.6) is 0 Å². The molecule has 0 bridgehead atoms. The molecule has 0 saturated heterocycles. The van der Waals surface area contributed by atoms with Crippen LogP contribution in [0.25, 0.3) is 11.6 Å². The van der Waals surface area contributed by atoms with Crippen LogP contribution >= 0.6 is 0 Å². The number of hydrogen-bond acceptors (Lipinski definition) is 1. The fourth-order valence-electron chi connectivity index (χ4n) is 1.29. The predicted molar refractivity (Wildman–Crippen MR) is 46.1 cm³/mol. The summed E-state index contributed by atoms with van der Waals surface area (Å²) in [6.45, 7) is 0. The van der Waals surface area contributed by atoms with Crippen molar-refractivity contribution in [1.82, 2.24) is 0 Å². The molecule has 1 heteroatoms. The van der Waals surface area contributed by atoms with Crippen molar-refractivity contribution in [2.75, 3.05) is 0 Å². The Kier molecular flexibility index (Phi) is 1.29. The molecule has 0 fully saturated rings. The van der Waals surface area contributed by atoms with Gasteiger partial charge in [-0.3, -0.25) is 0 Å².